The molecule has 5 heteroatoms. The first-order valence-corrected chi connectivity index (χ1v) is 10.1. The predicted octanol–water partition coefficient (Wildman–Crippen LogP) is 4.62. The van der Waals surface area contributed by atoms with E-state index in [1.54, 1.807) is 0 Å². The molecule has 1 N–H and O–H groups in total. The van der Waals surface area contributed by atoms with Crippen LogP contribution in [-0.4, -0.2) is 41.5 Å². The minimum absolute atomic E-state index is 0.613. The Labute approximate surface area is 168 Å². The summed E-state index contributed by atoms with van der Waals surface area (Å²) in [5, 5.41) is 13.6. The van der Waals surface area contributed by atoms with Crippen LogP contribution in [0.2, 0.25) is 0 Å². The van der Waals surface area contributed by atoms with Gasteiger partial charge >= 0.3 is 0 Å². The van der Waals surface area contributed by atoms with Crippen LogP contribution in [0.1, 0.15) is 43.4 Å². The number of hydrogen-bond donors (Lipinski definition) is 1. The number of aromatic nitrogens is 2. The van der Waals surface area contributed by atoms with Crippen LogP contribution in [0, 0.1) is 24.2 Å². The molecular formula is C23H31N5. The maximum absolute atomic E-state index is 9.88. The van der Waals surface area contributed by atoms with Gasteiger partial charge in [-0.3, -0.25) is 4.40 Å². The number of nitrogens with one attached hydrogen (secondary N) is 1. The summed E-state index contributed by atoms with van der Waals surface area (Å²) < 4.78 is 2.16. The van der Waals surface area contributed by atoms with E-state index in [1.165, 1.54) is 5.56 Å². The minimum atomic E-state index is 0.613. The third kappa shape index (κ3) is 3.98. The van der Waals surface area contributed by atoms with E-state index in [9.17, 15) is 5.26 Å². The van der Waals surface area contributed by atoms with Crippen molar-refractivity contribution < 1.29 is 0 Å². The first-order chi connectivity index (χ1) is 13.4. The Morgan fingerprint density at radius 1 is 1.25 bits per heavy atom. The summed E-state index contributed by atoms with van der Waals surface area (Å²) in [7, 11) is 4.20. The fourth-order valence-electron chi connectivity index (χ4n) is 3.71. The molecule has 3 aromatic rings. The maximum Gasteiger partial charge on any atom is 0.157 e. The van der Waals surface area contributed by atoms with E-state index in [0.29, 0.717) is 11.5 Å². The Bertz CT molecular complexity index is 1010. The van der Waals surface area contributed by atoms with Crippen LogP contribution >= 0.6 is 0 Å². The average molecular weight is 378 g/mol. The highest BCUT2D eigenvalue weighted by molar-refractivity contribution is 5.86. The summed E-state index contributed by atoms with van der Waals surface area (Å²) in [6.45, 7) is 8.49. The van der Waals surface area contributed by atoms with Crippen molar-refractivity contribution in [2.75, 3.05) is 32.5 Å². The van der Waals surface area contributed by atoms with E-state index in [4.69, 9.17) is 4.98 Å². The third-order valence-corrected chi connectivity index (χ3v) is 5.28. The van der Waals surface area contributed by atoms with Crippen LogP contribution in [0.4, 0.5) is 5.82 Å². The molecule has 0 spiro atoms. The smallest absolute Gasteiger partial charge is 0.157 e. The van der Waals surface area contributed by atoms with Crippen LogP contribution < -0.4 is 5.32 Å². The van der Waals surface area contributed by atoms with Crippen LogP contribution in [0.15, 0.2) is 24.3 Å². The van der Waals surface area contributed by atoms with Gasteiger partial charge in [-0.25, -0.2) is 4.98 Å². The molecule has 5 nitrogen and oxygen atoms in total. The van der Waals surface area contributed by atoms with Crippen molar-refractivity contribution in [1.82, 2.24) is 14.3 Å². The van der Waals surface area contributed by atoms with Crippen molar-refractivity contribution in [3.05, 3.63) is 41.0 Å². The van der Waals surface area contributed by atoms with Crippen LogP contribution in [0.3, 0.4) is 0 Å². The van der Waals surface area contributed by atoms with Crippen molar-refractivity contribution in [2.45, 2.75) is 40.0 Å². The number of hydrogen-bond acceptors (Lipinski definition) is 4. The topological polar surface area (TPSA) is 56.4 Å². The number of para-hydroxylation sites is 2. The Morgan fingerprint density at radius 2 is 2.00 bits per heavy atom. The van der Waals surface area contributed by atoms with E-state index in [0.717, 1.165) is 60.4 Å². The number of fused-ring (bicyclic) bond motifs is 3. The van der Waals surface area contributed by atoms with Gasteiger partial charge in [-0.1, -0.05) is 26.0 Å². The Kier molecular flexibility index (Phi) is 6.21. The molecule has 28 heavy (non-hydrogen) atoms. The molecule has 2 aromatic heterocycles. The molecule has 0 radical (unpaired) electrons. The lowest BCUT2D eigenvalue weighted by Crippen LogP contribution is -2.18. The first kappa shape index (κ1) is 20.2. The van der Waals surface area contributed by atoms with Gasteiger partial charge < -0.3 is 10.2 Å². The van der Waals surface area contributed by atoms with Gasteiger partial charge in [-0.05, 0) is 76.0 Å². The predicted molar refractivity (Wildman–Crippen MR) is 117 cm³/mol. The molecule has 1 aromatic carbocycles. The van der Waals surface area contributed by atoms with E-state index < -0.39 is 0 Å². The van der Waals surface area contributed by atoms with Gasteiger partial charge in [0.05, 0.1) is 16.6 Å². The molecule has 0 aliphatic carbocycles. The largest absolute Gasteiger partial charge is 0.371 e. The van der Waals surface area contributed by atoms with Crippen molar-refractivity contribution in [3.63, 3.8) is 0 Å². The number of rotatable bonds is 8. The van der Waals surface area contributed by atoms with Gasteiger partial charge in [-0.15, -0.1) is 0 Å². The zero-order valence-corrected chi connectivity index (χ0v) is 17.7. The second-order valence-corrected chi connectivity index (χ2v) is 8.21. The summed E-state index contributed by atoms with van der Waals surface area (Å²) in [6, 6.07) is 10.6. The van der Waals surface area contributed by atoms with Crippen molar-refractivity contribution in [1.29, 1.82) is 5.26 Å². The lowest BCUT2D eigenvalue weighted by atomic mass is 9.97. The summed E-state index contributed by atoms with van der Waals surface area (Å²) in [5.74, 6) is 1.71. The molecule has 0 bridgehead atoms. The highest BCUT2D eigenvalue weighted by atomic mass is 15.1. The second-order valence-electron chi connectivity index (χ2n) is 8.21. The summed E-state index contributed by atoms with van der Waals surface area (Å²) in [6.07, 6.45) is 3.11. The van der Waals surface area contributed by atoms with Crippen molar-refractivity contribution in [2.24, 2.45) is 5.92 Å². The van der Waals surface area contributed by atoms with Gasteiger partial charge in [0.15, 0.2) is 5.65 Å². The minimum Gasteiger partial charge on any atom is -0.371 e. The average Bonchev–Trinajstić information content (AvgIpc) is 3.03. The van der Waals surface area contributed by atoms with E-state index in [-0.39, 0.29) is 0 Å². The monoisotopic (exact) mass is 377 g/mol. The summed E-state index contributed by atoms with van der Waals surface area (Å²) >= 11 is 0. The van der Waals surface area contributed by atoms with E-state index in [1.807, 2.05) is 18.2 Å². The fourth-order valence-corrected chi connectivity index (χ4v) is 3.71. The van der Waals surface area contributed by atoms with Crippen molar-refractivity contribution in [3.8, 4) is 6.07 Å². The Morgan fingerprint density at radius 3 is 2.68 bits per heavy atom. The highest BCUT2D eigenvalue weighted by Gasteiger charge is 2.20. The molecule has 2 heterocycles. The molecule has 0 unspecified atom stereocenters. The number of anilines is 1. The normalized spacial score (nSPS) is 11.6. The number of imidazole rings is 1. The summed E-state index contributed by atoms with van der Waals surface area (Å²) in [5.41, 5.74) is 5.72. The lowest BCUT2D eigenvalue weighted by Gasteiger charge is -2.20. The van der Waals surface area contributed by atoms with Crippen LogP contribution in [0.5, 0.6) is 0 Å². The van der Waals surface area contributed by atoms with E-state index >= 15 is 0 Å². The van der Waals surface area contributed by atoms with Crippen LogP contribution in [-0.2, 0) is 6.42 Å². The first-order valence-electron chi connectivity index (χ1n) is 10.1. The van der Waals surface area contributed by atoms with Crippen LogP contribution in [0.25, 0.3) is 16.7 Å². The molecule has 0 saturated heterocycles. The molecular weight excluding hydrogens is 346 g/mol. The molecule has 0 saturated carbocycles. The molecule has 0 amide bonds. The molecule has 0 aliphatic heterocycles. The second kappa shape index (κ2) is 8.62. The standard InChI is InChI=1S/C23H31N5/c1-16(2)11-12-18-17(3)19(15-24)23-26-20-9-6-7-10-21(20)28(23)22(18)25-13-8-14-27(4)5/h6-7,9-10,16,25H,8,11-14H2,1-5H3. The fraction of sp³-hybridized carbons (Fsp3) is 0.478. The van der Waals surface area contributed by atoms with Gasteiger partial charge in [0, 0.05) is 6.54 Å². The molecule has 148 valence electrons. The highest BCUT2D eigenvalue weighted by Crippen LogP contribution is 2.32. The van der Waals surface area contributed by atoms with Gasteiger partial charge in [0.25, 0.3) is 0 Å². The number of benzene rings is 1. The Hall–Kier alpha value is -2.58. The van der Waals surface area contributed by atoms with Crippen molar-refractivity contribution >= 4 is 22.5 Å². The zero-order chi connectivity index (χ0) is 20.3. The Balaban J connectivity index is 2.18. The quantitative estimate of drug-likeness (QED) is 0.582. The molecule has 0 fully saturated rings. The molecule has 0 aliphatic rings. The summed E-state index contributed by atoms with van der Waals surface area (Å²) in [4.78, 5) is 6.99. The van der Waals surface area contributed by atoms with Gasteiger partial charge in [-0.2, -0.15) is 5.26 Å². The molecule has 3 rings (SSSR count). The van der Waals surface area contributed by atoms with E-state index in [2.05, 4.69) is 61.6 Å². The van der Waals surface area contributed by atoms with Gasteiger partial charge in [0.1, 0.15) is 11.9 Å². The SMILES string of the molecule is Cc1c(CCC(C)C)c(NCCCN(C)C)n2c(nc3ccccc32)c1C#N. The lowest BCUT2D eigenvalue weighted by molar-refractivity contribution is 0.405. The van der Waals surface area contributed by atoms with Gasteiger partial charge in [0.2, 0.25) is 0 Å². The number of nitrogens with zero attached hydrogens (tertiary/aromatic N) is 4. The third-order valence-electron chi connectivity index (χ3n) is 5.28. The number of pyridine rings is 1. The number of nitriles is 1. The molecule has 0 atom stereocenters. The zero-order valence-electron chi connectivity index (χ0n) is 17.7. The maximum atomic E-state index is 9.88.